The third-order valence-corrected chi connectivity index (χ3v) is 2.88. The van der Waals surface area contributed by atoms with Gasteiger partial charge in [-0.25, -0.2) is 13.2 Å². The largest absolute Gasteiger partial charge is 0.748 e. The van der Waals surface area contributed by atoms with Crippen molar-refractivity contribution in [1.29, 1.82) is 0 Å². The Balaban J connectivity index is 0. The zero-order valence-electron chi connectivity index (χ0n) is 11.6. The quantitative estimate of drug-likeness (QED) is 0.494. The Morgan fingerprint density at radius 3 is 1.94 bits per heavy atom. The maximum atomic E-state index is 10.9. The maximum absolute atomic E-state index is 10.9. The second-order valence-corrected chi connectivity index (χ2v) is 6.40. The zero-order valence-corrected chi connectivity index (χ0v) is 12.5. The third-order valence-electron chi connectivity index (χ3n) is 2.09. The second-order valence-electron chi connectivity index (χ2n) is 4.87. The summed E-state index contributed by atoms with van der Waals surface area (Å²) in [5, 5.41) is 11.6. The molecule has 0 spiro atoms. The van der Waals surface area contributed by atoms with E-state index in [1.807, 2.05) is 14.1 Å². The summed E-state index contributed by atoms with van der Waals surface area (Å²) >= 11 is 0. The van der Waals surface area contributed by atoms with Gasteiger partial charge in [-0.15, -0.1) is 0 Å². The summed E-state index contributed by atoms with van der Waals surface area (Å²) in [4.78, 5) is 10.9. The molecule has 1 unspecified atom stereocenters. The number of quaternary nitrogens is 1. The highest BCUT2D eigenvalue weighted by Gasteiger charge is 2.30. The van der Waals surface area contributed by atoms with Crippen LogP contribution in [0.3, 0.4) is 0 Å². The van der Waals surface area contributed by atoms with Gasteiger partial charge >= 0.3 is 5.97 Å². The van der Waals surface area contributed by atoms with E-state index in [0.29, 0.717) is 0 Å². The molecule has 110 valence electrons. The molecule has 7 nitrogen and oxygen atoms in total. The molecule has 0 aliphatic carbocycles. The van der Waals surface area contributed by atoms with Gasteiger partial charge < -0.3 is 19.5 Å². The molecule has 0 aromatic heterocycles. The van der Waals surface area contributed by atoms with Gasteiger partial charge in [-0.05, 0) is 20.5 Å². The van der Waals surface area contributed by atoms with E-state index in [0.717, 1.165) is 0 Å². The third kappa shape index (κ3) is 11.8. The number of nitrogens with zero attached hydrogens (tertiary/aromatic N) is 1. The summed E-state index contributed by atoms with van der Waals surface area (Å²) in [5.74, 6) is -1.48. The van der Waals surface area contributed by atoms with Gasteiger partial charge in [-0.2, -0.15) is 0 Å². The molecule has 0 heterocycles. The fourth-order valence-corrected chi connectivity index (χ4v) is 1.82. The molecule has 0 saturated carbocycles. The molecule has 0 rings (SSSR count). The van der Waals surface area contributed by atoms with Gasteiger partial charge in [0.15, 0.2) is 6.04 Å². The Bertz CT molecular complexity index is 335. The van der Waals surface area contributed by atoms with Crippen LogP contribution in [-0.2, 0) is 14.9 Å². The van der Waals surface area contributed by atoms with Crippen LogP contribution in [0.1, 0.15) is 12.8 Å². The number of rotatable bonds is 6. The van der Waals surface area contributed by atoms with Crippen LogP contribution < -0.4 is 5.32 Å². The Labute approximate surface area is 109 Å². The molecule has 0 aromatic rings. The molecule has 2 N–H and O–H groups in total. The van der Waals surface area contributed by atoms with Gasteiger partial charge in [0.2, 0.25) is 0 Å². The fraction of sp³-hybridized carbons (Fsp3) is 0.900. The molecule has 0 saturated heterocycles. The van der Waals surface area contributed by atoms with E-state index < -0.39 is 27.9 Å². The van der Waals surface area contributed by atoms with Crippen LogP contribution in [-0.4, -0.2) is 75.6 Å². The smallest absolute Gasteiger partial charge is 0.362 e. The number of nitrogens with one attached hydrogen (secondary N) is 1. The van der Waals surface area contributed by atoms with Crippen molar-refractivity contribution in [3.8, 4) is 0 Å². The minimum absolute atomic E-state index is 0.0817. The lowest BCUT2D eigenvalue weighted by atomic mass is 10.1. The van der Waals surface area contributed by atoms with Crippen molar-refractivity contribution in [1.82, 2.24) is 5.32 Å². The predicted molar refractivity (Wildman–Crippen MR) is 68.2 cm³/mol. The first-order chi connectivity index (χ1) is 7.95. The second kappa shape index (κ2) is 8.41. The lowest BCUT2D eigenvalue weighted by Gasteiger charge is -2.31. The first-order valence-electron chi connectivity index (χ1n) is 5.51. The van der Waals surface area contributed by atoms with E-state index >= 15 is 0 Å². The molecule has 18 heavy (non-hydrogen) atoms. The van der Waals surface area contributed by atoms with E-state index in [2.05, 4.69) is 5.32 Å². The van der Waals surface area contributed by atoms with E-state index in [4.69, 9.17) is 5.11 Å². The van der Waals surface area contributed by atoms with Crippen molar-refractivity contribution < 1.29 is 27.4 Å². The lowest BCUT2D eigenvalue weighted by Crippen LogP contribution is -2.49. The number of likely N-dealkylation sites (N-methyl/N-ethyl adjacent to an activating group) is 1. The molecule has 0 aliphatic rings. The molecule has 0 aromatic carbocycles. The SMILES string of the molecule is CNC.C[N+](C)(C)C(CCCS(=O)(=O)[O-])C(=O)O. The molecular weight excluding hydrogens is 260 g/mol. The molecule has 1 atom stereocenters. The van der Waals surface area contributed by atoms with Gasteiger partial charge in [0, 0.05) is 12.2 Å². The number of carboxylic acids is 1. The van der Waals surface area contributed by atoms with Gasteiger partial charge in [0.05, 0.1) is 31.3 Å². The predicted octanol–water partition coefficient (Wildman–Crippen LogP) is -0.693. The fourth-order valence-electron chi connectivity index (χ4n) is 1.30. The molecular formula is C10H24N2O5S. The molecule has 0 bridgehead atoms. The number of aliphatic carboxylic acids is 1. The number of carboxylic acid groups (broad SMARTS) is 1. The van der Waals surface area contributed by atoms with E-state index in [1.165, 1.54) is 0 Å². The Morgan fingerprint density at radius 1 is 1.33 bits per heavy atom. The van der Waals surface area contributed by atoms with Crippen LogP contribution in [0, 0.1) is 0 Å². The van der Waals surface area contributed by atoms with Crippen LogP contribution in [0.25, 0.3) is 0 Å². The summed E-state index contributed by atoms with van der Waals surface area (Å²) in [5.41, 5.74) is 0. The van der Waals surface area contributed by atoms with Crippen molar-refractivity contribution in [3.05, 3.63) is 0 Å². The minimum atomic E-state index is -4.24. The maximum Gasteiger partial charge on any atom is 0.362 e. The number of hydrogen-bond donors (Lipinski definition) is 2. The van der Waals surface area contributed by atoms with Crippen LogP contribution in [0.5, 0.6) is 0 Å². The highest BCUT2D eigenvalue weighted by Crippen LogP contribution is 2.11. The Kier molecular flexibility index (Phi) is 9.17. The standard InChI is InChI=1S/C8H17NO5S.C2H7N/c1-9(2,3)7(8(10)11)5-4-6-15(12,13)14;1-3-2/h7H,4-6H2,1-3H3,(H-,10,11,12,13,14);3H,1-2H3. The Hall–Kier alpha value is -0.700. The highest BCUT2D eigenvalue weighted by atomic mass is 32.2. The summed E-state index contributed by atoms with van der Waals surface area (Å²) in [6.07, 6.45) is 0.263. The summed E-state index contributed by atoms with van der Waals surface area (Å²) in [7, 11) is 4.65. The van der Waals surface area contributed by atoms with Gasteiger partial charge in [0.25, 0.3) is 0 Å². The van der Waals surface area contributed by atoms with Crippen molar-refractivity contribution in [2.45, 2.75) is 18.9 Å². The first-order valence-corrected chi connectivity index (χ1v) is 7.09. The van der Waals surface area contributed by atoms with Crippen LogP contribution in [0.15, 0.2) is 0 Å². The van der Waals surface area contributed by atoms with Gasteiger partial charge in [0.1, 0.15) is 0 Å². The molecule has 0 radical (unpaired) electrons. The number of hydrogen-bond acceptors (Lipinski definition) is 5. The topological polar surface area (TPSA) is 107 Å². The summed E-state index contributed by atoms with van der Waals surface area (Å²) in [6, 6.07) is -0.688. The van der Waals surface area contributed by atoms with Crippen LogP contribution in [0.4, 0.5) is 0 Å². The molecule has 0 aliphatic heterocycles. The van der Waals surface area contributed by atoms with Crippen molar-refractivity contribution in [3.63, 3.8) is 0 Å². The van der Waals surface area contributed by atoms with E-state index in [9.17, 15) is 17.8 Å². The van der Waals surface area contributed by atoms with Gasteiger partial charge in [-0.3, -0.25) is 0 Å². The summed E-state index contributed by atoms with van der Waals surface area (Å²) < 4.78 is 31.2. The highest BCUT2D eigenvalue weighted by molar-refractivity contribution is 7.85. The molecule has 0 amide bonds. The van der Waals surface area contributed by atoms with E-state index in [1.54, 1.807) is 21.1 Å². The van der Waals surface area contributed by atoms with Crippen molar-refractivity contribution >= 4 is 16.1 Å². The normalized spacial score (nSPS) is 13.4. The lowest BCUT2D eigenvalue weighted by molar-refractivity contribution is -0.887. The number of carbonyl (C=O) groups is 1. The first kappa shape index (κ1) is 19.6. The average Bonchev–Trinajstić information content (AvgIpc) is 2.09. The van der Waals surface area contributed by atoms with Crippen molar-refractivity contribution in [2.24, 2.45) is 0 Å². The summed E-state index contributed by atoms with van der Waals surface area (Å²) in [6.45, 7) is 0. The monoisotopic (exact) mass is 284 g/mol. The molecule has 8 heteroatoms. The zero-order chi connectivity index (χ0) is 15.0. The Morgan fingerprint density at radius 2 is 1.72 bits per heavy atom. The van der Waals surface area contributed by atoms with Crippen molar-refractivity contribution in [2.75, 3.05) is 41.0 Å². The van der Waals surface area contributed by atoms with E-state index in [-0.39, 0.29) is 17.3 Å². The van der Waals surface area contributed by atoms with Crippen LogP contribution >= 0.6 is 0 Å². The van der Waals surface area contributed by atoms with Gasteiger partial charge in [-0.1, -0.05) is 0 Å². The van der Waals surface area contributed by atoms with Crippen LogP contribution in [0.2, 0.25) is 0 Å². The average molecular weight is 284 g/mol. The minimum Gasteiger partial charge on any atom is -0.748 e. The molecule has 0 fully saturated rings.